The van der Waals surface area contributed by atoms with Crippen molar-refractivity contribution >= 4 is 46.8 Å². The first-order chi connectivity index (χ1) is 7.97. The maximum Gasteiger partial charge on any atom is 0.377 e. The molecule has 0 aliphatic carbocycles. The fourth-order valence-corrected chi connectivity index (χ4v) is 1.54. The minimum Gasteiger partial charge on any atom is -0.443 e. The zero-order chi connectivity index (χ0) is 12.5. The van der Waals surface area contributed by atoms with Gasteiger partial charge in [-0.1, -0.05) is 65.1 Å². The summed E-state index contributed by atoms with van der Waals surface area (Å²) >= 11 is 16.7. The zero-order valence-electron chi connectivity index (χ0n) is 8.40. The van der Waals surface area contributed by atoms with Crippen molar-refractivity contribution < 1.29 is 14.3 Å². The van der Waals surface area contributed by atoms with Gasteiger partial charge in [-0.3, -0.25) is 0 Å². The monoisotopic (exact) mass is 292 g/mol. The topological polar surface area (TPSA) is 35.5 Å². The van der Waals surface area contributed by atoms with Crippen molar-refractivity contribution in [1.29, 1.82) is 0 Å². The number of halogens is 3. The minimum absolute atomic E-state index is 0.0209. The van der Waals surface area contributed by atoms with Crippen molar-refractivity contribution in [3.05, 3.63) is 41.7 Å². The van der Waals surface area contributed by atoms with Crippen LogP contribution in [0.2, 0.25) is 0 Å². The Bertz CT molecular complexity index is 451. The van der Waals surface area contributed by atoms with Gasteiger partial charge in [-0.05, 0) is 11.6 Å². The number of hydrogen-bond acceptors (Lipinski definition) is 3. The molecule has 1 aromatic rings. The molecule has 0 N–H and O–H groups in total. The van der Waals surface area contributed by atoms with Gasteiger partial charge in [-0.2, -0.15) is 0 Å². The Morgan fingerprint density at radius 2 is 1.76 bits per heavy atom. The molecule has 1 heterocycles. The van der Waals surface area contributed by atoms with Gasteiger partial charge < -0.3 is 9.47 Å². The lowest BCUT2D eigenvalue weighted by molar-refractivity contribution is -0.142. The molecule has 0 bridgehead atoms. The van der Waals surface area contributed by atoms with Crippen LogP contribution in [0.1, 0.15) is 5.56 Å². The molecule has 17 heavy (non-hydrogen) atoms. The molecule has 90 valence electrons. The van der Waals surface area contributed by atoms with Gasteiger partial charge >= 0.3 is 5.97 Å². The van der Waals surface area contributed by atoms with Crippen LogP contribution < -0.4 is 0 Å². The summed E-state index contributed by atoms with van der Waals surface area (Å²) in [4.78, 5) is 11.4. The van der Waals surface area contributed by atoms with Crippen molar-refractivity contribution in [2.45, 2.75) is 10.1 Å². The van der Waals surface area contributed by atoms with Crippen molar-refractivity contribution in [1.82, 2.24) is 0 Å². The van der Waals surface area contributed by atoms with E-state index in [1.807, 2.05) is 30.3 Å². The van der Waals surface area contributed by atoms with Gasteiger partial charge in [0.15, 0.2) is 0 Å². The molecule has 1 aliphatic rings. The average molecular weight is 294 g/mol. The number of ether oxygens (including phenoxy) is 2. The third-order valence-electron chi connectivity index (χ3n) is 2.01. The molecule has 1 aromatic carbocycles. The van der Waals surface area contributed by atoms with E-state index in [0.29, 0.717) is 0 Å². The van der Waals surface area contributed by atoms with Crippen LogP contribution >= 0.6 is 34.8 Å². The predicted octanol–water partition coefficient (Wildman–Crippen LogP) is 3.30. The van der Waals surface area contributed by atoms with Gasteiger partial charge in [0.25, 0.3) is 10.1 Å². The van der Waals surface area contributed by atoms with E-state index in [4.69, 9.17) is 44.3 Å². The van der Waals surface area contributed by atoms with E-state index in [1.54, 1.807) is 0 Å². The Morgan fingerprint density at radius 3 is 2.29 bits per heavy atom. The van der Waals surface area contributed by atoms with Crippen LogP contribution in [0.5, 0.6) is 0 Å². The number of esters is 1. The standard InChI is InChI=1S/C11H7Cl3O3/c12-11(13,14)10-16-8(9(15)17-10)6-7-4-2-1-3-5-7/h1-6,10H. The molecule has 6 heteroatoms. The number of benzene rings is 1. The molecule has 0 amide bonds. The highest BCUT2D eigenvalue weighted by Gasteiger charge is 2.44. The van der Waals surface area contributed by atoms with Gasteiger partial charge in [0.05, 0.1) is 0 Å². The summed E-state index contributed by atoms with van der Waals surface area (Å²) < 4.78 is 8.12. The summed E-state index contributed by atoms with van der Waals surface area (Å²) in [6.07, 6.45) is 0.314. The lowest BCUT2D eigenvalue weighted by atomic mass is 10.2. The van der Waals surface area contributed by atoms with Gasteiger partial charge in [-0.15, -0.1) is 0 Å². The summed E-state index contributed by atoms with van der Waals surface area (Å²) in [5.74, 6) is -0.627. The highest BCUT2D eigenvalue weighted by molar-refractivity contribution is 6.68. The van der Waals surface area contributed by atoms with E-state index in [-0.39, 0.29) is 5.76 Å². The predicted molar refractivity (Wildman–Crippen MR) is 65.7 cm³/mol. The van der Waals surface area contributed by atoms with E-state index in [0.717, 1.165) is 5.56 Å². The summed E-state index contributed by atoms with van der Waals surface area (Å²) in [5.41, 5.74) is 0.796. The van der Waals surface area contributed by atoms with Crippen molar-refractivity contribution in [3.8, 4) is 0 Å². The second-order valence-electron chi connectivity index (χ2n) is 3.32. The molecule has 1 fully saturated rings. The number of carbonyl (C=O) groups excluding carboxylic acids is 1. The summed E-state index contributed by atoms with van der Waals surface area (Å²) in [5, 5.41) is 0. The van der Waals surface area contributed by atoms with Gasteiger partial charge in [0.1, 0.15) is 0 Å². The lowest BCUT2D eigenvalue weighted by Crippen LogP contribution is -2.26. The Morgan fingerprint density at radius 1 is 1.12 bits per heavy atom. The molecular formula is C11H7Cl3O3. The quantitative estimate of drug-likeness (QED) is 0.453. The van der Waals surface area contributed by atoms with Crippen LogP contribution in [-0.4, -0.2) is 16.1 Å². The molecule has 0 radical (unpaired) electrons. The normalized spacial score (nSPS) is 22.4. The van der Waals surface area contributed by atoms with Gasteiger partial charge in [-0.25, -0.2) is 4.79 Å². The first-order valence-electron chi connectivity index (χ1n) is 4.68. The smallest absolute Gasteiger partial charge is 0.377 e. The van der Waals surface area contributed by atoms with E-state index in [9.17, 15) is 4.79 Å². The summed E-state index contributed by atoms with van der Waals surface area (Å²) in [6, 6.07) is 9.15. The van der Waals surface area contributed by atoms with Gasteiger partial charge in [0.2, 0.25) is 5.76 Å². The molecule has 0 aromatic heterocycles. The minimum atomic E-state index is -1.80. The van der Waals surface area contributed by atoms with E-state index < -0.39 is 16.1 Å². The SMILES string of the molecule is O=C1OC(C(Cl)(Cl)Cl)OC1=Cc1ccccc1. The van der Waals surface area contributed by atoms with Crippen LogP contribution in [0.25, 0.3) is 6.08 Å². The van der Waals surface area contributed by atoms with Crippen LogP contribution in [0.3, 0.4) is 0 Å². The lowest BCUT2D eigenvalue weighted by Gasteiger charge is -2.15. The molecule has 0 saturated carbocycles. The van der Waals surface area contributed by atoms with Crippen LogP contribution in [0.15, 0.2) is 36.1 Å². The average Bonchev–Trinajstić information content (AvgIpc) is 2.62. The molecular weight excluding hydrogens is 286 g/mol. The number of alkyl halides is 3. The Kier molecular flexibility index (Phi) is 3.52. The number of hydrogen-bond donors (Lipinski definition) is 0. The highest BCUT2D eigenvalue weighted by Crippen LogP contribution is 2.37. The fourth-order valence-electron chi connectivity index (χ4n) is 1.27. The maximum absolute atomic E-state index is 11.4. The third-order valence-corrected chi connectivity index (χ3v) is 2.55. The zero-order valence-corrected chi connectivity index (χ0v) is 10.7. The number of cyclic esters (lactones) is 1. The van der Waals surface area contributed by atoms with E-state index in [2.05, 4.69) is 0 Å². The third kappa shape index (κ3) is 3.06. The molecule has 1 aliphatic heterocycles. The first kappa shape index (κ1) is 12.6. The van der Waals surface area contributed by atoms with Crippen molar-refractivity contribution in [2.24, 2.45) is 0 Å². The van der Waals surface area contributed by atoms with Gasteiger partial charge in [0, 0.05) is 0 Å². The summed E-state index contributed by atoms with van der Waals surface area (Å²) in [7, 11) is 0. The maximum atomic E-state index is 11.4. The Hall–Kier alpha value is -0.900. The molecule has 1 unspecified atom stereocenters. The van der Waals surface area contributed by atoms with Crippen molar-refractivity contribution in [2.75, 3.05) is 0 Å². The molecule has 0 spiro atoms. The van der Waals surface area contributed by atoms with E-state index in [1.165, 1.54) is 6.08 Å². The number of rotatable bonds is 1. The highest BCUT2D eigenvalue weighted by atomic mass is 35.6. The molecule has 2 rings (SSSR count). The Balaban J connectivity index is 2.19. The largest absolute Gasteiger partial charge is 0.443 e. The van der Waals surface area contributed by atoms with Crippen LogP contribution in [0, 0.1) is 0 Å². The summed E-state index contributed by atoms with van der Waals surface area (Å²) in [6.45, 7) is 0. The van der Waals surface area contributed by atoms with Crippen LogP contribution in [0.4, 0.5) is 0 Å². The Labute approximate surface area is 113 Å². The molecule has 1 atom stereocenters. The molecule has 3 nitrogen and oxygen atoms in total. The molecule has 1 saturated heterocycles. The number of carbonyl (C=O) groups is 1. The van der Waals surface area contributed by atoms with Crippen LogP contribution in [-0.2, 0) is 14.3 Å². The van der Waals surface area contributed by atoms with Crippen molar-refractivity contribution in [3.63, 3.8) is 0 Å². The van der Waals surface area contributed by atoms with E-state index >= 15 is 0 Å². The second kappa shape index (κ2) is 4.77. The second-order valence-corrected chi connectivity index (χ2v) is 5.68. The fraction of sp³-hybridized carbons (Fsp3) is 0.182. The first-order valence-corrected chi connectivity index (χ1v) is 5.81.